The number of allylic oxidation sites excluding steroid dienone is 1. The summed E-state index contributed by atoms with van der Waals surface area (Å²) < 4.78 is 5.57. The summed E-state index contributed by atoms with van der Waals surface area (Å²) in [7, 11) is 0. The molecule has 0 aromatic heterocycles. The molecule has 0 aliphatic heterocycles. The van der Waals surface area contributed by atoms with E-state index in [0.29, 0.717) is 6.61 Å². The summed E-state index contributed by atoms with van der Waals surface area (Å²) >= 11 is 0. The molecular formula is C22H22O. The molecule has 0 aliphatic carbocycles. The Labute approximate surface area is 138 Å². The molecule has 0 saturated heterocycles. The SMILES string of the molecule is C=CCCc1ccc(-c2ccc3cc(OCC)ccc3c2)cc1. The molecule has 3 aromatic carbocycles. The Morgan fingerprint density at radius 2 is 1.57 bits per heavy atom. The van der Waals surface area contributed by atoms with Crippen LogP contribution in [0.1, 0.15) is 18.9 Å². The van der Waals surface area contributed by atoms with E-state index < -0.39 is 0 Å². The molecule has 0 amide bonds. The van der Waals surface area contributed by atoms with E-state index in [2.05, 4.69) is 61.2 Å². The maximum Gasteiger partial charge on any atom is 0.119 e. The Bertz CT molecular complexity index is 800. The molecule has 0 N–H and O–H groups in total. The lowest BCUT2D eigenvalue weighted by atomic mass is 9.99. The third kappa shape index (κ3) is 3.62. The quantitative estimate of drug-likeness (QED) is 0.506. The summed E-state index contributed by atoms with van der Waals surface area (Å²) in [6.07, 6.45) is 4.05. The van der Waals surface area contributed by atoms with Crippen molar-refractivity contribution in [3.63, 3.8) is 0 Å². The Morgan fingerprint density at radius 1 is 0.870 bits per heavy atom. The van der Waals surface area contributed by atoms with Gasteiger partial charge in [0.1, 0.15) is 5.75 Å². The van der Waals surface area contributed by atoms with E-state index in [-0.39, 0.29) is 0 Å². The second-order valence-electron chi connectivity index (χ2n) is 5.68. The minimum atomic E-state index is 0.696. The van der Waals surface area contributed by atoms with Gasteiger partial charge in [0.15, 0.2) is 0 Å². The van der Waals surface area contributed by atoms with Gasteiger partial charge in [0.2, 0.25) is 0 Å². The van der Waals surface area contributed by atoms with Crippen molar-refractivity contribution >= 4 is 10.8 Å². The first-order valence-electron chi connectivity index (χ1n) is 8.17. The van der Waals surface area contributed by atoms with Crippen LogP contribution < -0.4 is 4.74 Å². The van der Waals surface area contributed by atoms with Gasteiger partial charge in [-0.3, -0.25) is 0 Å². The van der Waals surface area contributed by atoms with Crippen molar-refractivity contribution in [3.05, 3.63) is 78.9 Å². The van der Waals surface area contributed by atoms with Gasteiger partial charge in [-0.1, -0.05) is 48.5 Å². The van der Waals surface area contributed by atoms with Crippen LogP contribution in [0.5, 0.6) is 5.75 Å². The highest BCUT2D eigenvalue weighted by Crippen LogP contribution is 2.27. The number of benzene rings is 3. The Morgan fingerprint density at radius 3 is 2.30 bits per heavy atom. The molecule has 0 unspecified atom stereocenters. The molecule has 0 atom stereocenters. The van der Waals surface area contributed by atoms with Gasteiger partial charge in [0.25, 0.3) is 0 Å². The fourth-order valence-corrected chi connectivity index (χ4v) is 2.79. The topological polar surface area (TPSA) is 9.23 Å². The summed E-state index contributed by atoms with van der Waals surface area (Å²) in [5.41, 5.74) is 3.86. The molecule has 0 aliphatic rings. The Balaban J connectivity index is 1.87. The first-order valence-corrected chi connectivity index (χ1v) is 8.17. The van der Waals surface area contributed by atoms with E-state index in [9.17, 15) is 0 Å². The van der Waals surface area contributed by atoms with E-state index >= 15 is 0 Å². The summed E-state index contributed by atoms with van der Waals surface area (Å²) in [5.74, 6) is 0.930. The van der Waals surface area contributed by atoms with Gasteiger partial charge in [-0.15, -0.1) is 6.58 Å². The molecule has 0 fully saturated rings. The van der Waals surface area contributed by atoms with Gasteiger partial charge < -0.3 is 4.74 Å². The number of ether oxygens (including phenoxy) is 1. The molecule has 0 radical (unpaired) electrons. The summed E-state index contributed by atoms with van der Waals surface area (Å²) in [5, 5.41) is 2.45. The zero-order valence-corrected chi connectivity index (χ0v) is 13.6. The average molecular weight is 302 g/mol. The molecule has 116 valence electrons. The van der Waals surface area contributed by atoms with Crippen LogP contribution in [-0.4, -0.2) is 6.61 Å². The van der Waals surface area contributed by atoms with Crippen LogP contribution in [0.3, 0.4) is 0 Å². The fourth-order valence-electron chi connectivity index (χ4n) is 2.79. The van der Waals surface area contributed by atoms with Crippen molar-refractivity contribution in [1.82, 2.24) is 0 Å². The molecular weight excluding hydrogens is 280 g/mol. The number of aryl methyl sites for hydroxylation is 1. The maximum atomic E-state index is 5.57. The Kier molecular flexibility index (Phi) is 4.77. The van der Waals surface area contributed by atoms with E-state index in [1.807, 2.05) is 19.1 Å². The predicted octanol–water partition coefficient (Wildman–Crippen LogP) is 6.02. The summed E-state index contributed by atoms with van der Waals surface area (Å²) in [6, 6.07) is 21.7. The molecule has 0 spiro atoms. The van der Waals surface area contributed by atoms with Crippen LogP contribution in [-0.2, 0) is 6.42 Å². The highest BCUT2D eigenvalue weighted by Gasteiger charge is 2.02. The first-order chi connectivity index (χ1) is 11.3. The monoisotopic (exact) mass is 302 g/mol. The van der Waals surface area contributed by atoms with Gasteiger partial charge in [0.05, 0.1) is 6.61 Å². The van der Waals surface area contributed by atoms with Crippen LogP contribution >= 0.6 is 0 Å². The lowest BCUT2D eigenvalue weighted by molar-refractivity contribution is 0.341. The van der Waals surface area contributed by atoms with Crippen molar-refractivity contribution in [2.45, 2.75) is 19.8 Å². The third-order valence-electron chi connectivity index (χ3n) is 4.05. The van der Waals surface area contributed by atoms with Gasteiger partial charge in [-0.2, -0.15) is 0 Å². The molecule has 0 bridgehead atoms. The first kappa shape index (κ1) is 15.4. The number of hydrogen-bond donors (Lipinski definition) is 0. The second-order valence-corrected chi connectivity index (χ2v) is 5.68. The highest BCUT2D eigenvalue weighted by atomic mass is 16.5. The minimum absolute atomic E-state index is 0.696. The van der Waals surface area contributed by atoms with Crippen molar-refractivity contribution in [1.29, 1.82) is 0 Å². The molecule has 1 heteroatoms. The largest absolute Gasteiger partial charge is 0.494 e. The Hall–Kier alpha value is -2.54. The lowest BCUT2D eigenvalue weighted by Gasteiger charge is -2.08. The van der Waals surface area contributed by atoms with Crippen molar-refractivity contribution < 1.29 is 4.74 Å². The van der Waals surface area contributed by atoms with Crippen LogP contribution in [0.15, 0.2) is 73.3 Å². The molecule has 23 heavy (non-hydrogen) atoms. The molecule has 0 heterocycles. The second kappa shape index (κ2) is 7.15. The normalized spacial score (nSPS) is 10.7. The van der Waals surface area contributed by atoms with Crippen molar-refractivity contribution in [3.8, 4) is 16.9 Å². The van der Waals surface area contributed by atoms with Crippen LogP contribution in [0.25, 0.3) is 21.9 Å². The number of fused-ring (bicyclic) bond motifs is 1. The molecule has 0 saturated carbocycles. The third-order valence-corrected chi connectivity index (χ3v) is 4.05. The van der Waals surface area contributed by atoms with Gasteiger partial charge in [-0.05, 0) is 65.4 Å². The predicted molar refractivity (Wildman–Crippen MR) is 99.1 cm³/mol. The van der Waals surface area contributed by atoms with Crippen LogP contribution in [0, 0.1) is 0 Å². The molecule has 3 aromatic rings. The minimum Gasteiger partial charge on any atom is -0.494 e. The maximum absolute atomic E-state index is 5.57. The van der Waals surface area contributed by atoms with E-state index in [1.54, 1.807) is 0 Å². The molecule has 3 rings (SSSR count). The smallest absolute Gasteiger partial charge is 0.119 e. The van der Waals surface area contributed by atoms with Crippen molar-refractivity contribution in [2.24, 2.45) is 0 Å². The van der Waals surface area contributed by atoms with Crippen LogP contribution in [0.4, 0.5) is 0 Å². The van der Waals surface area contributed by atoms with Gasteiger partial charge >= 0.3 is 0 Å². The zero-order valence-electron chi connectivity index (χ0n) is 13.6. The van der Waals surface area contributed by atoms with Crippen molar-refractivity contribution in [2.75, 3.05) is 6.61 Å². The van der Waals surface area contributed by atoms with E-state index in [4.69, 9.17) is 4.74 Å². The number of rotatable bonds is 6. The lowest BCUT2D eigenvalue weighted by Crippen LogP contribution is -1.90. The molecule has 1 nitrogen and oxygen atoms in total. The summed E-state index contributed by atoms with van der Waals surface area (Å²) in [6.45, 7) is 6.48. The van der Waals surface area contributed by atoms with E-state index in [0.717, 1.165) is 18.6 Å². The zero-order chi connectivity index (χ0) is 16.1. The fraction of sp³-hybridized carbons (Fsp3) is 0.182. The standard InChI is InChI=1S/C22H22O/c1-3-5-6-17-7-9-18(10-8-17)19-11-12-21-16-22(23-4-2)14-13-20(21)15-19/h3,7-16H,1,4-6H2,2H3. The van der Waals surface area contributed by atoms with Gasteiger partial charge in [-0.25, -0.2) is 0 Å². The van der Waals surface area contributed by atoms with Gasteiger partial charge in [0, 0.05) is 0 Å². The highest BCUT2D eigenvalue weighted by molar-refractivity contribution is 5.88. The average Bonchev–Trinajstić information content (AvgIpc) is 2.60. The van der Waals surface area contributed by atoms with Crippen LogP contribution in [0.2, 0.25) is 0 Å². The van der Waals surface area contributed by atoms with E-state index in [1.165, 1.54) is 27.5 Å². The summed E-state index contributed by atoms with van der Waals surface area (Å²) in [4.78, 5) is 0. The number of hydrogen-bond acceptors (Lipinski definition) is 1.